The highest BCUT2D eigenvalue weighted by molar-refractivity contribution is 5.89. The lowest BCUT2D eigenvalue weighted by Crippen LogP contribution is -2.50. The number of rotatable bonds is 14. The van der Waals surface area contributed by atoms with E-state index in [2.05, 4.69) is 43.1 Å². The highest BCUT2D eigenvalue weighted by Gasteiger charge is 2.20. The molecule has 0 aliphatic carbocycles. The zero-order valence-corrected chi connectivity index (χ0v) is 18.5. The summed E-state index contributed by atoms with van der Waals surface area (Å²) in [5.41, 5.74) is 0. The van der Waals surface area contributed by atoms with Crippen LogP contribution in [0.15, 0.2) is 0 Å². The largest absolute Gasteiger partial charge is 0.465 e. The lowest BCUT2D eigenvalue weighted by Gasteiger charge is -2.16. The Morgan fingerprint density at radius 2 is 1.46 bits per heavy atom. The summed E-state index contributed by atoms with van der Waals surface area (Å²) in [6, 6.07) is -1.04. The molecule has 0 radical (unpaired) electrons. The van der Waals surface area contributed by atoms with Gasteiger partial charge < -0.3 is 20.5 Å². The molecule has 0 saturated carbocycles. The molecule has 0 bridgehead atoms. The van der Waals surface area contributed by atoms with Gasteiger partial charge in [-0.15, -0.1) is 0 Å². The van der Waals surface area contributed by atoms with Gasteiger partial charge in [0.25, 0.3) is 0 Å². The number of carbonyl (C=O) groups excluding carboxylic acids is 3. The fourth-order valence-electron chi connectivity index (χ4n) is 2.20. The maximum Gasteiger partial charge on any atom is 0.325 e. The van der Waals surface area contributed by atoms with Gasteiger partial charge in [0.05, 0.1) is 13.2 Å². The first-order chi connectivity index (χ1) is 13.3. The Bertz CT molecular complexity index is 411. The number of aliphatic hydroxyl groups is 1. The summed E-state index contributed by atoms with van der Waals surface area (Å²) in [7, 11) is 0. The van der Waals surface area contributed by atoms with Crippen LogP contribution >= 0.6 is 0 Å². The van der Waals surface area contributed by atoms with E-state index in [9.17, 15) is 19.5 Å². The van der Waals surface area contributed by atoms with Crippen LogP contribution in [-0.4, -0.2) is 48.7 Å². The van der Waals surface area contributed by atoms with Crippen molar-refractivity contribution < 1.29 is 24.2 Å². The Hall–Kier alpha value is -1.63. The molecule has 0 aromatic heterocycles. The molecule has 1 atom stereocenters. The van der Waals surface area contributed by atoms with Crippen LogP contribution in [0.2, 0.25) is 0 Å². The fraction of sp³-hybridized carbons (Fsp3) is 0.857. The zero-order valence-electron chi connectivity index (χ0n) is 18.5. The van der Waals surface area contributed by atoms with Crippen molar-refractivity contribution in [2.45, 2.75) is 92.0 Å². The van der Waals surface area contributed by atoms with E-state index in [-0.39, 0.29) is 19.1 Å². The smallest absolute Gasteiger partial charge is 0.325 e. The van der Waals surface area contributed by atoms with E-state index < -0.39 is 24.5 Å². The van der Waals surface area contributed by atoms with Crippen molar-refractivity contribution in [2.24, 2.45) is 5.92 Å². The quantitative estimate of drug-likeness (QED) is 0.306. The maximum atomic E-state index is 11.8. The molecular weight excluding hydrogens is 360 g/mol. The van der Waals surface area contributed by atoms with Crippen LogP contribution in [0.4, 0.5) is 0 Å². The number of amides is 2. The van der Waals surface area contributed by atoms with Crippen molar-refractivity contribution in [3.8, 4) is 0 Å². The summed E-state index contributed by atoms with van der Waals surface area (Å²) in [5, 5.41) is 14.0. The normalized spacial score (nSPS) is 11.2. The summed E-state index contributed by atoms with van der Waals surface area (Å²) in [6.45, 7) is 9.77. The van der Waals surface area contributed by atoms with Crippen LogP contribution in [0.25, 0.3) is 0 Å². The molecule has 0 saturated heterocycles. The van der Waals surface area contributed by atoms with Crippen LogP contribution in [0, 0.1) is 5.92 Å². The van der Waals surface area contributed by atoms with Gasteiger partial charge in [0.2, 0.25) is 11.8 Å². The van der Waals surface area contributed by atoms with Gasteiger partial charge in [-0.2, -0.15) is 0 Å². The van der Waals surface area contributed by atoms with Crippen molar-refractivity contribution in [1.82, 2.24) is 10.6 Å². The number of hydrogen-bond acceptors (Lipinski definition) is 5. The molecular formula is C21H42N2O5. The number of nitrogens with one attached hydrogen (secondary N) is 2. The van der Waals surface area contributed by atoms with Crippen LogP contribution < -0.4 is 10.6 Å². The summed E-state index contributed by atoms with van der Waals surface area (Å²) < 4.78 is 4.68. The monoisotopic (exact) mass is 402 g/mol. The summed E-state index contributed by atoms with van der Waals surface area (Å²) in [4.78, 5) is 34.8. The minimum absolute atomic E-state index is 0.229. The van der Waals surface area contributed by atoms with Crippen LogP contribution in [0.3, 0.4) is 0 Å². The predicted molar refractivity (Wildman–Crippen MR) is 112 cm³/mol. The molecule has 3 N–H and O–H groups in total. The van der Waals surface area contributed by atoms with Gasteiger partial charge in [-0.3, -0.25) is 14.4 Å². The SMILES string of the molecule is CC(C)C.CCCCCCCCCC(=O)NC(CO)C(=O)NCC(=O)OCC. The third-order valence-corrected chi connectivity index (χ3v) is 3.55. The van der Waals surface area contributed by atoms with E-state index in [0.717, 1.165) is 25.2 Å². The minimum Gasteiger partial charge on any atom is -0.465 e. The molecule has 0 rings (SSSR count). The van der Waals surface area contributed by atoms with Crippen LogP contribution in [-0.2, 0) is 19.1 Å². The molecule has 0 aliphatic rings. The number of unbranched alkanes of at least 4 members (excludes halogenated alkanes) is 6. The molecule has 28 heavy (non-hydrogen) atoms. The van der Waals surface area contributed by atoms with E-state index >= 15 is 0 Å². The van der Waals surface area contributed by atoms with Gasteiger partial charge in [-0.1, -0.05) is 66.2 Å². The Kier molecular flexibility index (Phi) is 20.5. The van der Waals surface area contributed by atoms with Gasteiger partial charge in [0, 0.05) is 6.42 Å². The molecule has 0 heterocycles. The molecule has 0 aliphatic heterocycles. The number of carbonyl (C=O) groups is 3. The number of hydrogen-bond donors (Lipinski definition) is 3. The number of aliphatic hydroxyl groups excluding tert-OH is 1. The molecule has 0 aromatic carbocycles. The Morgan fingerprint density at radius 3 is 1.96 bits per heavy atom. The Labute approximate surface area is 171 Å². The highest BCUT2D eigenvalue weighted by atomic mass is 16.5. The molecule has 7 heteroatoms. The molecule has 2 amide bonds. The third-order valence-electron chi connectivity index (χ3n) is 3.55. The second kappa shape index (κ2) is 20.1. The second-order valence-corrected chi connectivity index (χ2v) is 7.43. The van der Waals surface area contributed by atoms with Gasteiger partial charge in [-0.25, -0.2) is 0 Å². The molecule has 166 valence electrons. The maximum absolute atomic E-state index is 11.8. The Balaban J connectivity index is 0. The molecule has 0 aromatic rings. The van der Waals surface area contributed by atoms with Crippen molar-refractivity contribution in [3.63, 3.8) is 0 Å². The summed E-state index contributed by atoms with van der Waals surface area (Å²) >= 11 is 0. The van der Waals surface area contributed by atoms with E-state index in [0.29, 0.717) is 6.42 Å². The average Bonchev–Trinajstić information content (AvgIpc) is 2.63. The molecule has 0 fully saturated rings. The standard InChI is InChI=1S/C17H32N2O5.C4H10/c1-3-5-6-7-8-9-10-11-15(21)19-14(13-20)17(23)18-12-16(22)24-4-2;1-4(2)3/h14,20H,3-13H2,1-2H3,(H,18,23)(H,19,21);4H,1-3H3. The third kappa shape index (κ3) is 20.7. The molecule has 1 unspecified atom stereocenters. The van der Waals surface area contributed by atoms with Gasteiger partial charge in [-0.05, 0) is 19.3 Å². The second-order valence-electron chi connectivity index (χ2n) is 7.43. The van der Waals surface area contributed by atoms with Crippen molar-refractivity contribution in [2.75, 3.05) is 19.8 Å². The Morgan fingerprint density at radius 1 is 0.929 bits per heavy atom. The predicted octanol–water partition coefficient (Wildman–Crippen LogP) is 2.95. The summed E-state index contributed by atoms with van der Waals surface area (Å²) in [6.07, 6.45) is 8.06. The van der Waals surface area contributed by atoms with Crippen LogP contribution in [0.5, 0.6) is 0 Å². The number of esters is 1. The fourth-order valence-corrected chi connectivity index (χ4v) is 2.20. The zero-order chi connectivity index (χ0) is 21.8. The first-order valence-corrected chi connectivity index (χ1v) is 10.6. The lowest BCUT2D eigenvalue weighted by molar-refractivity contribution is -0.143. The van der Waals surface area contributed by atoms with Crippen LogP contribution in [0.1, 0.15) is 86.0 Å². The van der Waals surface area contributed by atoms with Crippen molar-refractivity contribution in [3.05, 3.63) is 0 Å². The van der Waals surface area contributed by atoms with Gasteiger partial charge in [0.15, 0.2) is 0 Å². The molecule has 0 spiro atoms. The minimum atomic E-state index is -1.04. The first kappa shape index (κ1) is 28.6. The lowest BCUT2D eigenvalue weighted by atomic mass is 10.1. The highest BCUT2D eigenvalue weighted by Crippen LogP contribution is 2.08. The van der Waals surface area contributed by atoms with E-state index in [1.807, 2.05) is 0 Å². The van der Waals surface area contributed by atoms with E-state index in [1.54, 1.807) is 6.92 Å². The average molecular weight is 403 g/mol. The topological polar surface area (TPSA) is 105 Å². The van der Waals surface area contributed by atoms with Crippen molar-refractivity contribution in [1.29, 1.82) is 0 Å². The molecule has 7 nitrogen and oxygen atoms in total. The van der Waals surface area contributed by atoms with Gasteiger partial charge >= 0.3 is 5.97 Å². The van der Waals surface area contributed by atoms with E-state index in [4.69, 9.17) is 0 Å². The van der Waals surface area contributed by atoms with Crippen molar-refractivity contribution >= 4 is 17.8 Å². The first-order valence-electron chi connectivity index (χ1n) is 10.6. The van der Waals surface area contributed by atoms with Gasteiger partial charge in [0.1, 0.15) is 12.6 Å². The number of ether oxygens (including phenoxy) is 1. The summed E-state index contributed by atoms with van der Waals surface area (Å²) in [5.74, 6) is -0.593. The van der Waals surface area contributed by atoms with E-state index in [1.165, 1.54) is 25.7 Å².